The molecule has 0 saturated carbocycles. The molecular formula is C11H12BrClO. The van der Waals surface area contributed by atoms with Gasteiger partial charge in [0.1, 0.15) is 0 Å². The van der Waals surface area contributed by atoms with Crippen molar-refractivity contribution in [2.24, 2.45) is 0 Å². The third-order valence-corrected chi connectivity index (χ3v) is 2.77. The number of Topliss-reactive ketones (excluding diaryl/α,β-unsaturated/α-hetero) is 1. The number of ketones is 1. The van der Waals surface area contributed by atoms with Crippen molar-refractivity contribution in [3.05, 3.63) is 34.3 Å². The number of carbonyl (C=O) groups is 1. The van der Waals surface area contributed by atoms with Gasteiger partial charge >= 0.3 is 0 Å². The number of rotatable bonds is 4. The van der Waals surface area contributed by atoms with Crippen LogP contribution in [0.3, 0.4) is 0 Å². The summed E-state index contributed by atoms with van der Waals surface area (Å²) < 4.78 is 0. The molecule has 0 N–H and O–H groups in total. The lowest BCUT2D eigenvalue weighted by Crippen LogP contribution is -2.00. The van der Waals surface area contributed by atoms with Crippen LogP contribution in [-0.4, -0.2) is 11.1 Å². The summed E-state index contributed by atoms with van der Waals surface area (Å²) in [6, 6.07) is 5.63. The number of halogens is 2. The van der Waals surface area contributed by atoms with E-state index in [-0.39, 0.29) is 5.78 Å². The maximum atomic E-state index is 11.6. The van der Waals surface area contributed by atoms with Gasteiger partial charge in [-0.15, -0.1) is 0 Å². The lowest BCUT2D eigenvalue weighted by Gasteiger charge is -2.04. The largest absolute Gasteiger partial charge is 0.294 e. The maximum absolute atomic E-state index is 11.6. The quantitative estimate of drug-likeness (QED) is 0.602. The van der Waals surface area contributed by atoms with E-state index in [1.807, 2.05) is 18.2 Å². The van der Waals surface area contributed by atoms with Crippen molar-refractivity contribution < 1.29 is 4.79 Å². The molecule has 0 spiro atoms. The van der Waals surface area contributed by atoms with Crippen LogP contribution in [0.15, 0.2) is 18.2 Å². The Morgan fingerprint density at radius 2 is 2.21 bits per heavy atom. The van der Waals surface area contributed by atoms with E-state index in [2.05, 4.69) is 22.9 Å². The molecule has 0 saturated heterocycles. The standard InChI is InChI=1S/C11H12BrClO/c1-2-8-3-4-9(10(13)7-8)11(14)5-6-12/h3-4,7H,2,5-6H2,1H3. The minimum Gasteiger partial charge on any atom is -0.294 e. The Morgan fingerprint density at radius 3 is 2.71 bits per heavy atom. The molecule has 1 rings (SSSR count). The molecule has 0 atom stereocenters. The number of aryl methyl sites for hydroxylation is 1. The van der Waals surface area contributed by atoms with Gasteiger partial charge in [0.2, 0.25) is 0 Å². The first-order valence-electron chi connectivity index (χ1n) is 4.56. The summed E-state index contributed by atoms with van der Waals surface area (Å²) in [6.07, 6.45) is 1.43. The second-order valence-corrected chi connectivity index (χ2v) is 4.23. The van der Waals surface area contributed by atoms with Crippen molar-refractivity contribution in [3.63, 3.8) is 0 Å². The fourth-order valence-electron chi connectivity index (χ4n) is 1.23. The second kappa shape index (κ2) is 5.52. The molecule has 0 amide bonds. The van der Waals surface area contributed by atoms with E-state index in [1.165, 1.54) is 0 Å². The fraction of sp³-hybridized carbons (Fsp3) is 0.364. The van der Waals surface area contributed by atoms with Crippen LogP contribution in [0.25, 0.3) is 0 Å². The minimum atomic E-state index is 0.0922. The Morgan fingerprint density at radius 1 is 1.50 bits per heavy atom. The molecule has 76 valence electrons. The molecule has 0 aromatic heterocycles. The highest BCUT2D eigenvalue weighted by Crippen LogP contribution is 2.20. The highest BCUT2D eigenvalue weighted by molar-refractivity contribution is 9.09. The average Bonchev–Trinajstić information content (AvgIpc) is 2.17. The lowest BCUT2D eigenvalue weighted by molar-refractivity contribution is 0.0990. The second-order valence-electron chi connectivity index (χ2n) is 3.03. The Bertz CT molecular complexity index is 336. The van der Waals surface area contributed by atoms with Gasteiger partial charge < -0.3 is 0 Å². The Kier molecular flexibility index (Phi) is 4.63. The molecule has 1 aromatic carbocycles. The van der Waals surface area contributed by atoms with E-state index in [9.17, 15) is 4.79 Å². The van der Waals surface area contributed by atoms with Crippen LogP contribution in [0.1, 0.15) is 29.3 Å². The van der Waals surface area contributed by atoms with E-state index >= 15 is 0 Å². The minimum absolute atomic E-state index is 0.0922. The zero-order valence-corrected chi connectivity index (χ0v) is 10.4. The van der Waals surface area contributed by atoms with Crippen molar-refractivity contribution in [2.45, 2.75) is 19.8 Å². The predicted octanol–water partition coefficient (Wildman–Crippen LogP) is 3.87. The van der Waals surface area contributed by atoms with Gasteiger partial charge in [-0.2, -0.15) is 0 Å². The Balaban J connectivity index is 2.94. The van der Waals surface area contributed by atoms with Gasteiger partial charge in [0, 0.05) is 17.3 Å². The molecule has 0 aliphatic carbocycles. The summed E-state index contributed by atoms with van der Waals surface area (Å²) in [5, 5.41) is 1.24. The van der Waals surface area contributed by atoms with Crippen LogP contribution < -0.4 is 0 Å². The summed E-state index contributed by atoms with van der Waals surface area (Å²) in [5.74, 6) is 0.0922. The molecule has 0 heterocycles. The highest BCUT2D eigenvalue weighted by atomic mass is 79.9. The van der Waals surface area contributed by atoms with Gasteiger partial charge in [0.05, 0.1) is 5.02 Å². The van der Waals surface area contributed by atoms with Crippen molar-refractivity contribution >= 4 is 33.3 Å². The SMILES string of the molecule is CCc1ccc(C(=O)CCBr)c(Cl)c1. The molecule has 0 bridgehead atoms. The van der Waals surface area contributed by atoms with E-state index in [4.69, 9.17) is 11.6 Å². The van der Waals surface area contributed by atoms with Crippen LogP contribution in [0.4, 0.5) is 0 Å². The summed E-state index contributed by atoms with van der Waals surface area (Å²) >= 11 is 9.24. The number of hydrogen-bond acceptors (Lipinski definition) is 1. The number of carbonyl (C=O) groups excluding carboxylic acids is 1. The smallest absolute Gasteiger partial charge is 0.165 e. The average molecular weight is 276 g/mol. The van der Waals surface area contributed by atoms with Gasteiger partial charge in [-0.25, -0.2) is 0 Å². The summed E-state index contributed by atoms with van der Waals surface area (Å²) in [5.41, 5.74) is 1.79. The monoisotopic (exact) mass is 274 g/mol. The van der Waals surface area contributed by atoms with Gasteiger partial charge in [-0.3, -0.25) is 4.79 Å². The van der Waals surface area contributed by atoms with Gasteiger partial charge in [0.15, 0.2) is 5.78 Å². The Hall–Kier alpha value is -0.340. The number of alkyl halides is 1. The van der Waals surface area contributed by atoms with Crippen molar-refractivity contribution in [1.29, 1.82) is 0 Å². The molecule has 0 fully saturated rings. The van der Waals surface area contributed by atoms with Crippen molar-refractivity contribution in [2.75, 3.05) is 5.33 Å². The summed E-state index contributed by atoms with van der Waals surface area (Å²) in [6.45, 7) is 2.06. The number of benzene rings is 1. The zero-order valence-electron chi connectivity index (χ0n) is 8.02. The molecular weight excluding hydrogens is 263 g/mol. The third kappa shape index (κ3) is 2.82. The molecule has 3 heteroatoms. The van der Waals surface area contributed by atoms with E-state index in [1.54, 1.807) is 0 Å². The molecule has 0 unspecified atom stereocenters. The topological polar surface area (TPSA) is 17.1 Å². The zero-order chi connectivity index (χ0) is 10.6. The van der Waals surface area contributed by atoms with Crippen LogP contribution in [0, 0.1) is 0 Å². The van der Waals surface area contributed by atoms with E-state index in [0.717, 1.165) is 12.0 Å². The van der Waals surface area contributed by atoms with Crippen LogP contribution in [0.5, 0.6) is 0 Å². The van der Waals surface area contributed by atoms with Crippen LogP contribution >= 0.6 is 27.5 Å². The fourth-order valence-corrected chi connectivity index (χ4v) is 1.89. The first-order valence-corrected chi connectivity index (χ1v) is 6.06. The number of hydrogen-bond donors (Lipinski definition) is 0. The molecule has 0 aliphatic rings. The van der Waals surface area contributed by atoms with E-state index in [0.29, 0.717) is 22.3 Å². The highest BCUT2D eigenvalue weighted by Gasteiger charge is 2.09. The maximum Gasteiger partial charge on any atom is 0.165 e. The van der Waals surface area contributed by atoms with Crippen LogP contribution in [-0.2, 0) is 6.42 Å². The Labute approximate surface area is 97.6 Å². The van der Waals surface area contributed by atoms with Gasteiger partial charge in [-0.1, -0.05) is 40.5 Å². The normalized spacial score (nSPS) is 10.2. The molecule has 0 radical (unpaired) electrons. The molecule has 14 heavy (non-hydrogen) atoms. The summed E-state index contributed by atoms with van der Waals surface area (Å²) in [7, 11) is 0. The van der Waals surface area contributed by atoms with Crippen molar-refractivity contribution in [1.82, 2.24) is 0 Å². The lowest BCUT2D eigenvalue weighted by atomic mass is 10.1. The van der Waals surface area contributed by atoms with Crippen molar-refractivity contribution in [3.8, 4) is 0 Å². The predicted molar refractivity (Wildman–Crippen MR) is 63.6 cm³/mol. The first-order chi connectivity index (χ1) is 6.69. The molecule has 1 aromatic rings. The van der Waals surface area contributed by atoms with Gasteiger partial charge in [0.25, 0.3) is 0 Å². The molecule has 0 aliphatic heterocycles. The molecule has 1 nitrogen and oxygen atoms in total. The van der Waals surface area contributed by atoms with Gasteiger partial charge in [-0.05, 0) is 24.1 Å². The van der Waals surface area contributed by atoms with Crippen LogP contribution in [0.2, 0.25) is 5.02 Å². The third-order valence-electron chi connectivity index (χ3n) is 2.06. The first kappa shape index (κ1) is 11.7. The summed E-state index contributed by atoms with van der Waals surface area (Å²) in [4.78, 5) is 11.6. The van der Waals surface area contributed by atoms with E-state index < -0.39 is 0 Å².